The first-order chi connectivity index (χ1) is 7.75. The van der Waals surface area contributed by atoms with Crippen molar-refractivity contribution in [2.24, 2.45) is 0 Å². The quantitative estimate of drug-likeness (QED) is 0.703. The van der Waals surface area contributed by atoms with Gasteiger partial charge in [0, 0.05) is 6.54 Å². The van der Waals surface area contributed by atoms with Gasteiger partial charge in [-0.25, -0.2) is 4.98 Å². The van der Waals surface area contributed by atoms with Crippen molar-refractivity contribution in [3.63, 3.8) is 0 Å². The van der Waals surface area contributed by atoms with Gasteiger partial charge in [0.05, 0.1) is 25.1 Å². The summed E-state index contributed by atoms with van der Waals surface area (Å²) >= 11 is 0. The summed E-state index contributed by atoms with van der Waals surface area (Å²) in [6, 6.07) is 2.29. The van der Waals surface area contributed by atoms with Gasteiger partial charge in [-0.2, -0.15) is 4.39 Å². The number of morpholine rings is 1. The third-order valence-corrected chi connectivity index (χ3v) is 2.23. The van der Waals surface area contributed by atoms with Gasteiger partial charge in [0.2, 0.25) is 11.9 Å². The number of rotatable bonds is 2. The molecule has 0 radical (unpaired) electrons. The fraction of sp³-hybridized carbons (Fsp3) is 0.400. The molecule has 5 nitrogen and oxygen atoms in total. The summed E-state index contributed by atoms with van der Waals surface area (Å²) < 4.78 is 17.7. The predicted octanol–water partition coefficient (Wildman–Crippen LogP) is 0.148. The summed E-state index contributed by atoms with van der Waals surface area (Å²) in [4.78, 5) is 15.1. The van der Waals surface area contributed by atoms with Gasteiger partial charge >= 0.3 is 0 Å². The van der Waals surface area contributed by atoms with Crippen LogP contribution in [0.5, 0.6) is 0 Å². The number of nitrogens with zero attached hydrogens (tertiary/aromatic N) is 1. The zero-order valence-electron chi connectivity index (χ0n) is 8.57. The SMILES string of the molecule is O=C(Nc1ccc(F)nc1)C1COCCN1. The van der Waals surface area contributed by atoms with Crippen molar-refractivity contribution >= 4 is 11.6 Å². The molecule has 16 heavy (non-hydrogen) atoms. The highest BCUT2D eigenvalue weighted by molar-refractivity contribution is 5.94. The van der Waals surface area contributed by atoms with Crippen LogP contribution in [0.1, 0.15) is 0 Å². The van der Waals surface area contributed by atoms with Gasteiger partial charge in [0.25, 0.3) is 0 Å². The summed E-state index contributed by atoms with van der Waals surface area (Å²) in [6.07, 6.45) is 1.27. The summed E-state index contributed by atoms with van der Waals surface area (Å²) in [5.74, 6) is -0.773. The molecular weight excluding hydrogens is 213 g/mol. The van der Waals surface area contributed by atoms with Crippen LogP contribution in [0.25, 0.3) is 0 Å². The van der Waals surface area contributed by atoms with Crippen molar-refractivity contribution in [2.45, 2.75) is 6.04 Å². The van der Waals surface area contributed by atoms with E-state index in [1.165, 1.54) is 18.3 Å². The van der Waals surface area contributed by atoms with Crippen molar-refractivity contribution in [1.29, 1.82) is 0 Å². The third kappa shape index (κ3) is 2.74. The number of hydrogen-bond acceptors (Lipinski definition) is 4. The highest BCUT2D eigenvalue weighted by Gasteiger charge is 2.20. The van der Waals surface area contributed by atoms with Gasteiger partial charge in [-0.1, -0.05) is 0 Å². The number of anilines is 1. The molecule has 0 aromatic carbocycles. The maximum Gasteiger partial charge on any atom is 0.243 e. The molecule has 0 saturated carbocycles. The van der Waals surface area contributed by atoms with E-state index in [1.807, 2.05) is 0 Å². The first-order valence-electron chi connectivity index (χ1n) is 4.99. The molecule has 2 heterocycles. The molecule has 1 aromatic rings. The Morgan fingerprint density at radius 1 is 1.62 bits per heavy atom. The summed E-state index contributed by atoms with van der Waals surface area (Å²) in [5.41, 5.74) is 0.471. The van der Waals surface area contributed by atoms with E-state index in [0.717, 1.165) is 0 Å². The Labute approximate surface area is 92.0 Å². The van der Waals surface area contributed by atoms with E-state index >= 15 is 0 Å². The average Bonchev–Trinajstić information content (AvgIpc) is 2.33. The van der Waals surface area contributed by atoms with E-state index in [9.17, 15) is 9.18 Å². The Morgan fingerprint density at radius 2 is 2.50 bits per heavy atom. The maximum atomic E-state index is 12.5. The molecule has 1 unspecified atom stereocenters. The lowest BCUT2D eigenvalue weighted by Crippen LogP contribution is -2.48. The molecule has 1 aliphatic rings. The molecule has 2 rings (SSSR count). The number of nitrogens with one attached hydrogen (secondary N) is 2. The minimum atomic E-state index is -0.572. The first kappa shape index (κ1) is 11.0. The lowest BCUT2D eigenvalue weighted by molar-refractivity contribution is -0.120. The number of hydrogen-bond donors (Lipinski definition) is 2. The number of pyridine rings is 1. The molecule has 2 N–H and O–H groups in total. The van der Waals surface area contributed by atoms with Crippen LogP contribution >= 0.6 is 0 Å². The number of amides is 1. The zero-order chi connectivity index (χ0) is 11.4. The molecule has 1 atom stereocenters. The van der Waals surface area contributed by atoms with Crippen molar-refractivity contribution < 1.29 is 13.9 Å². The smallest absolute Gasteiger partial charge is 0.243 e. The van der Waals surface area contributed by atoms with Gasteiger partial charge in [-0.15, -0.1) is 0 Å². The highest BCUT2D eigenvalue weighted by atomic mass is 19.1. The molecule has 1 fully saturated rings. The van der Waals surface area contributed by atoms with E-state index in [1.54, 1.807) is 0 Å². The second-order valence-electron chi connectivity index (χ2n) is 3.44. The lowest BCUT2D eigenvalue weighted by Gasteiger charge is -2.22. The van der Waals surface area contributed by atoms with Crippen LogP contribution in [0.4, 0.5) is 10.1 Å². The van der Waals surface area contributed by atoms with Crippen molar-refractivity contribution in [2.75, 3.05) is 25.1 Å². The lowest BCUT2D eigenvalue weighted by atomic mass is 10.2. The molecule has 0 spiro atoms. The fourth-order valence-corrected chi connectivity index (χ4v) is 1.41. The van der Waals surface area contributed by atoms with Gasteiger partial charge in [-0.3, -0.25) is 4.79 Å². The van der Waals surface area contributed by atoms with E-state index in [-0.39, 0.29) is 11.9 Å². The maximum absolute atomic E-state index is 12.5. The molecule has 1 amide bonds. The second kappa shape index (κ2) is 5.00. The highest BCUT2D eigenvalue weighted by Crippen LogP contribution is 2.06. The van der Waals surface area contributed by atoms with E-state index < -0.39 is 5.95 Å². The van der Waals surface area contributed by atoms with E-state index in [0.29, 0.717) is 25.4 Å². The zero-order valence-corrected chi connectivity index (χ0v) is 8.57. The van der Waals surface area contributed by atoms with Crippen molar-refractivity contribution in [3.05, 3.63) is 24.3 Å². The largest absolute Gasteiger partial charge is 0.378 e. The fourth-order valence-electron chi connectivity index (χ4n) is 1.41. The molecule has 6 heteroatoms. The van der Waals surface area contributed by atoms with Crippen LogP contribution in [0.15, 0.2) is 18.3 Å². The number of carbonyl (C=O) groups excluding carboxylic acids is 1. The minimum absolute atomic E-state index is 0.201. The number of ether oxygens (including phenoxy) is 1. The van der Waals surface area contributed by atoms with Crippen LogP contribution in [0.2, 0.25) is 0 Å². The topological polar surface area (TPSA) is 63.2 Å². The average molecular weight is 225 g/mol. The van der Waals surface area contributed by atoms with E-state index in [2.05, 4.69) is 15.6 Å². The Hall–Kier alpha value is -1.53. The van der Waals surface area contributed by atoms with Gasteiger partial charge in [0.1, 0.15) is 6.04 Å². The molecule has 1 aromatic heterocycles. The summed E-state index contributed by atoms with van der Waals surface area (Å²) in [5, 5.41) is 5.65. The minimum Gasteiger partial charge on any atom is -0.378 e. The van der Waals surface area contributed by atoms with Crippen LogP contribution in [0, 0.1) is 5.95 Å². The Morgan fingerprint density at radius 3 is 3.12 bits per heavy atom. The van der Waals surface area contributed by atoms with Gasteiger partial charge in [0.15, 0.2) is 0 Å². The van der Waals surface area contributed by atoms with Crippen LogP contribution in [0.3, 0.4) is 0 Å². The monoisotopic (exact) mass is 225 g/mol. The molecule has 1 saturated heterocycles. The van der Waals surface area contributed by atoms with Crippen LogP contribution < -0.4 is 10.6 Å². The van der Waals surface area contributed by atoms with Crippen molar-refractivity contribution in [1.82, 2.24) is 10.3 Å². The van der Waals surface area contributed by atoms with Crippen LogP contribution in [-0.2, 0) is 9.53 Å². The number of halogens is 1. The first-order valence-corrected chi connectivity index (χ1v) is 4.99. The predicted molar refractivity (Wildman–Crippen MR) is 55.4 cm³/mol. The summed E-state index contributed by atoms with van der Waals surface area (Å²) in [7, 11) is 0. The number of aromatic nitrogens is 1. The molecule has 0 aliphatic carbocycles. The summed E-state index contributed by atoms with van der Waals surface area (Å²) in [6.45, 7) is 1.61. The Kier molecular flexibility index (Phi) is 3.43. The standard InChI is InChI=1S/C10H12FN3O2/c11-9-2-1-7(5-13-9)14-10(15)8-6-16-4-3-12-8/h1-2,5,8,12H,3-4,6H2,(H,14,15). The molecule has 0 bridgehead atoms. The molecule has 86 valence electrons. The van der Waals surface area contributed by atoms with E-state index in [4.69, 9.17) is 4.74 Å². The Bertz CT molecular complexity index is 363. The van der Waals surface area contributed by atoms with Crippen LogP contribution in [-0.4, -0.2) is 36.7 Å². The molecule has 1 aliphatic heterocycles. The normalized spacial score (nSPS) is 20.4. The van der Waals surface area contributed by atoms with Gasteiger partial charge in [-0.05, 0) is 12.1 Å². The third-order valence-electron chi connectivity index (χ3n) is 2.23. The van der Waals surface area contributed by atoms with Crippen molar-refractivity contribution in [3.8, 4) is 0 Å². The molecular formula is C10H12FN3O2. The Balaban J connectivity index is 1.93. The number of carbonyl (C=O) groups is 1. The van der Waals surface area contributed by atoms with Gasteiger partial charge < -0.3 is 15.4 Å². The second-order valence-corrected chi connectivity index (χ2v) is 3.44.